The number of hydrogen-bond donors (Lipinski definition) is 3. The molecule has 0 amide bonds. The average Bonchev–Trinajstić information content (AvgIpc) is 0.904. The van der Waals surface area contributed by atoms with Crippen molar-refractivity contribution < 1.29 is 80.2 Å². The van der Waals surface area contributed by atoms with Crippen molar-refractivity contribution >= 4 is 39.5 Å². The highest BCUT2D eigenvalue weighted by Gasteiger charge is 2.30. The molecule has 107 heavy (non-hydrogen) atoms. The quantitative estimate of drug-likeness (QED) is 0.0222. The molecule has 2 unspecified atom stereocenters. The minimum atomic E-state index is -4.97. The molecule has 19 heteroatoms. The number of aliphatic hydroxyl groups is 1. The second kappa shape index (κ2) is 79.3. The molecule has 0 saturated carbocycles. The molecule has 17 nitrogen and oxygen atoms in total. The Labute approximate surface area is 658 Å². The Kier molecular flexibility index (Phi) is 77.9. The van der Waals surface area contributed by atoms with Crippen molar-refractivity contribution in [2.45, 2.75) is 490 Å². The fourth-order valence-electron chi connectivity index (χ4n) is 13.8. The van der Waals surface area contributed by atoms with Crippen LogP contribution in [-0.2, 0) is 65.4 Å². The first-order valence-electron chi connectivity index (χ1n) is 45.5. The van der Waals surface area contributed by atoms with E-state index in [4.69, 9.17) is 37.0 Å². The molecule has 0 aliphatic carbocycles. The maximum atomic E-state index is 13.2. The number of aliphatic hydroxyl groups excluding tert-OH is 1. The standard InChI is InChI=1S/C88H172O17P2/c1-7-9-11-13-15-17-19-21-23-25-27-28-29-31-33-35-37-41-47-54-60-66-72-87(92)104-83(76-98-85(90)70-64-58-52-46-40-36-34-32-30-26-24-22-20-18-16-14-12-10-8-2)78-102-106(94,95)100-74-82(89)75-101-107(96,97)103-79-84(77-99-86(91)71-65-59-53-49-43-45-51-57-63-69-81(5)6)105-88(93)73-67-61-55-48-42-38-39-44-50-56-62-68-80(3)4/h80-84,89H,7-79H2,1-6H3,(H,94,95)(H,96,97)/t82-,83-,84-/m1/s1. The van der Waals surface area contributed by atoms with Gasteiger partial charge in [-0.05, 0) is 37.5 Å². The van der Waals surface area contributed by atoms with Gasteiger partial charge in [-0.1, -0.05) is 420 Å². The molecule has 0 bridgehead atoms. The van der Waals surface area contributed by atoms with Crippen LogP contribution in [0.5, 0.6) is 0 Å². The van der Waals surface area contributed by atoms with Crippen LogP contribution in [0.2, 0.25) is 0 Å². The molecule has 0 aliphatic rings. The van der Waals surface area contributed by atoms with Crippen LogP contribution in [0.3, 0.4) is 0 Å². The van der Waals surface area contributed by atoms with Crippen LogP contribution in [0, 0.1) is 11.8 Å². The van der Waals surface area contributed by atoms with Gasteiger partial charge in [0.1, 0.15) is 19.3 Å². The van der Waals surface area contributed by atoms with E-state index in [0.717, 1.165) is 102 Å². The number of rotatable bonds is 87. The molecule has 5 atom stereocenters. The number of phosphoric acid groups is 2. The number of ether oxygens (including phenoxy) is 4. The van der Waals surface area contributed by atoms with Crippen molar-refractivity contribution in [2.24, 2.45) is 11.8 Å². The average molecular weight is 1560 g/mol. The fraction of sp³-hybridized carbons (Fsp3) is 0.955. The molecular formula is C88H172O17P2. The monoisotopic (exact) mass is 1560 g/mol. The first-order chi connectivity index (χ1) is 51.9. The van der Waals surface area contributed by atoms with Crippen LogP contribution in [0.25, 0.3) is 0 Å². The van der Waals surface area contributed by atoms with Crippen molar-refractivity contribution in [1.82, 2.24) is 0 Å². The summed E-state index contributed by atoms with van der Waals surface area (Å²) in [4.78, 5) is 73.3. The predicted octanol–water partition coefficient (Wildman–Crippen LogP) is 27.0. The van der Waals surface area contributed by atoms with Gasteiger partial charge in [-0.15, -0.1) is 0 Å². The van der Waals surface area contributed by atoms with Crippen LogP contribution in [0.4, 0.5) is 0 Å². The lowest BCUT2D eigenvalue weighted by Gasteiger charge is -2.21. The topological polar surface area (TPSA) is 237 Å². The van der Waals surface area contributed by atoms with Gasteiger partial charge in [0.25, 0.3) is 0 Å². The molecule has 0 aromatic rings. The molecule has 3 N–H and O–H groups in total. The first-order valence-corrected chi connectivity index (χ1v) is 48.5. The van der Waals surface area contributed by atoms with Gasteiger partial charge < -0.3 is 33.8 Å². The lowest BCUT2D eigenvalue weighted by Crippen LogP contribution is -2.30. The summed E-state index contributed by atoms with van der Waals surface area (Å²) in [5.41, 5.74) is 0. The van der Waals surface area contributed by atoms with Gasteiger partial charge in [-0.2, -0.15) is 0 Å². The van der Waals surface area contributed by atoms with Gasteiger partial charge in [-0.25, -0.2) is 9.13 Å². The predicted molar refractivity (Wildman–Crippen MR) is 442 cm³/mol. The zero-order chi connectivity index (χ0) is 78.5. The minimum absolute atomic E-state index is 0.106. The Bertz CT molecular complexity index is 2050. The van der Waals surface area contributed by atoms with E-state index in [1.807, 2.05) is 0 Å². The van der Waals surface area contributed by atoms with E-state index >= 15 is 0 Å². The van der Waals surface area contributed by atoms with Crippen molar-refractivity contribution in [3.05, 3.63) is 0 Å². The highest BCUT2D eigenvalue weighted by Crippen LogP contribution is 2.45. The Morgan fingerprint density at radius 1 is 0.252 bits per heavy atom. The third kappa shape index (κ3) is 81.9. The van der Waals surface area contributed by atoms with Crippen molar-refractivity contribution in [3.63, 3.8) is 0 Å². The Balaban J connectivity index is 5.23. The molecular weight excluding hydrogens is 1390 g/mol. The molecule has 0 aliphatic heterocycles. The maximum absolute atomic E-state index is 13.2. The molecule has 636 valence electrons. The highest BCUT2D eigenvalue weighted by atomic mass is 31.2. The maximum Gasteiger partial charge on any atom is 0.472 e. The molecule has 0 rings (SSSR count). The van der Waals surface area contributed by atoms with Gasteiger partial charge in [-0.3, -0.25) is 37.3 Å². The molecule has 0 radical (unpaired) electrons. The Hall–Kier alpha value is -1.94. The van der Waals surface area contributed by atoms with Gasteiger partial charge in [0.05, 0.1) is 26.4 Å². The van der Waals surface area contributed by atoms with Crippen LogP contribution in [0.1, 0.15) is 472 Å². The van der Waals surface area contributed by atoms with Crippen LogP contribution in [0.15, 0.2) is 0 Å². The van der Waals surface area contributed by atoms with Crippen LogP contribution >= 0.6 is 15.6 Å². The molecule has 0 saturated heterocycles. The smallest absolute Gasteiger partial charge is 0.462 e. The summed E-state index contributed by atoms with van der Waals surface area (Å²) in [6.45, 7) is 9.66. The third-order valence-electron chi connectivity index (χ3n) is 20.7. The zero-order valence-electron chi connectivity index (χ0n) is 70.5. The summed E-state index contributed by atoms with van der Waals surface area (Å²) in [6, 6.07) is 0. The second-order valence-electron chi connectivity index (χ2n) is 32.6. The molecule has 0 fully saturated rings. The number of carbonyl (C=O) groups excluding carboxylic acids is 4. The first kappa shape index (κ1) is 105. The number of esters is 4. The van der Waals surface area contributed by atoms with E-state index in [1.165, 1.54) is 289 Å². The zero-order valence-corrected chi connectivity index (χ0v) is 72.2. The summed E-state index contributed by atoms with van der Waals surface area (Å²) in [5, 5.41) is 10.7. The number of phosphoric ester groups is 2. The van der Waals surface area contributed by atoms with E-state index in [1.54, 1.807) is 0 Å². The van der Waals surface area contributed by atoms with E-state index in [-0.39, 0.29) is 25.7 Å². The Morgan fingerprint density at radius 3 is 0.636 bits per heavy atom. The normalized spacial score (nSPS) is 13.8. The lowest BCUT2D eigenvalue weighted by atomic mass is 10.0. The fourth-order valence-corrected chi connectivity index (χ4v) is 15.4. The van der Waals surface area contributed by atoms with Gasteiger partial charge >= 0.3 is 39.5 Å². The SMILES string of the molecule is CCCCCCCCCCCCCCCCCCCCCCCCC(=O)O[C@H](COC(=O)CCCCCCCCCCCCCCCCCCCCC)COP(=O)(O)OC[C@@H](O)COP(=O)(O)OC[C@@H](COC(=O)CCCCCCCCCCCC(C)C)OC(=O)CCCCCCCCCCCCCC(C)C. The molecule has 0 heterocycles. The summed E-state index contributed by atoms with van der Waals surface area (Å²) >= 11 is 0. The van der Waals surface area contributed by atoms with Crippen LogP contribution in [-0.4, -0.2) is 96.7 Å². The molecule has 0 aromatic carbocycles. The van der Waals surface area contributed by atoms with Gasteiger partial charge in [0.15, 0.2) is 12.2 Å². The van der Waals surface area contributed by atoms with Crippen molar-refractivity contribution in [1.29, 1.82) is 0 Å². The highest BCUT2D eigenvalue weighted by molar-refractivity contribution is 7.47. The molecule has 0 spiro atoms. The summed E-state index contributed by atoms with van der Waals surface area (Å²) in [5.74, 6) is -0.592. The van der Waals surface area contributed by atoms with Gasteiger partial charge in [0.2, 0.25) is 0 Å². The number of hydrogen-bond acceptors (Lipinski definition) is 15. The van der Waals surface area contributed by atoms with Crippen molar-refractivity contribution in [3.8, 4) is 0 Å². The second-order valence-corrected chi connectivity index (χ2v) is 35.5. The van der Waals surface area contributed by atoms with E-state index in [9.17, 15) is 43.2 Å². The summed E-state index contributed by atoms with van der Waals surface area (Å²) in [6.07, 6.45) is 72.4. The summed E-state index contributed by atoms with van der Waals surface area (Å²) in [7, 11) is -9.93. The number of carbonyl (C=O) groups is 4. The van der Waals surface area contributed by atoms with E-state index < -0.39 is 97.5 Å². The van der Waals surface area contributed by atoms with Gasteiger partial charge in [0, 0.05) is 25.7 Å². The van der Waals surface area contributed by atoms with E-state index in [2.05, 4.69) is 41.5 Å². The number of unbranched alkanes of at least 4 members (excludes halogenated alkanes) is 57. The minimum Gasteiger partial charge on any atom is -0.462 e. The largest absolute Gasteiger partial charge is 0.472 e. The van der Waals surface area contributed by atoms with Crippen LogP contribution < -0.4 is 0 Å². The Morgan fingerprint density at radius 2 is 0.430 bits per heavy atom. The van der Waals surface area contributed by atoms with Crippen molar-refractivity contribution in [2.75, 3.05) is 39.6 Å². The molecule has 0 aromatic heterocycles. The summed E-state index contributed by atoms with van der Waals surface area (Å²) < 4.78 is 69.0. The lowest BCUT2D eigenvalue weighted by molar-refractivity contribution is -0.161. The third-order valence-corrected chi connectivity index (χ3v) is 22.6. The van der Waals surface area contributed by atoms with E-state index in [0.29, 0.717) is 25.7 Å².